The molecule has 3 aromatic rings. The maximum atomic E-state index is 13.0. The number of piperazine rings is 1. The molecule has 0 unspecified atom stereocenters. The first-order valence-electron chi connectivity index (χ1n) is 11.0. The number of methoxy groups -OCH3 is 1. The zero-order chi connectivity index (χ0) is 23.4. The van der Waals surface area contributed by atoms with Crippen LogP contribution in [0, 0.1) is 6.92 Å². The zero-order valence-corrected chi connectivity index (χ0v) is 19.6. The standard InChI is InChI=1S/C24H28ClN5O3/c1-17-7-8-18(25)15-21(17)27-24(32)29-11-9-28(10-12-29)16-22-26-20-6-4-3-5-19(20)23(31)30(22)13-14-33-2/h3-8,15H,9-14,16H2,1-2H3,(H,27,32). The normalized spacial score (nSPS) is 14.6. The lowest BCUT2D eigenvalue weighted by atomic mass is 10.2. The fourth-order valence-corrected chi connectivity index (χ4v) is 4.15. The predicted molar refractivity (Wildman–Crippen MR) is 130 cm³/mol. The summed E-state index contributed by atoms with van der Waals surface area (Å²) in [6, 6.07) is 12.7. The molecule has 33 heavy (non-hydrogen) atoms. The maximum Gasteiger partial charge on any atom is 0.321 e. The first kappa shape index (κ1) is 23.2. The number of fused-ring (bicyclic) bond motifs is 1. The Kier molecular flexibility index (Phi) is 7.27. The second-order valence-corrected chi connectivity index (χ2v) is 8.58. The van der Waals surface area contributed by atoms with E-state index in [2.05, 4.69) is 10.2 Å². The second-order valence-electron chi connectivity index (χ2n) is 8.15. The van der Waals surface area contributed by atoms with E-state index in [1.165, 1.54) is 0 Å². The van der Waals surface area contributed by atoms with Crippen molar-refractivity contribution in [2.24, 2.45) is 0 Å². The lowest BCUT2D eigenvalue weighted by Gasteiger charge is -2.34. The molecule has 0 bridgehead atoms. The van der Waals surface area contributed by atoms with Crippen LogP contribution in [0.2, 0.25) is 5.02 Å². The van der Waals surface area contributed by atoms with Crippen LogP contribution in [0.15, 0.2) is 47.3 Å². The van der Waals surface area contributed by atoms with Gasteiger partial charge in [-0.15, -0.1) is 0 Å². The van der Waals surface area contributed by atoms with Crippen molar-refractivity contribution in [3.8, 4) is 0 Å². The van der Waals surface area contributed by atoms with Crippen LogP contribution in [0.25, 0.3) is 10.9 Å². The van der Waals surface area contributed by atoms with E-state index in [1.54, 1.807) is 34.8 Å². The van der Waals surface area contributed by atoms with Gasteiger partial charge in [0.15, 0.2) is 0 Å². The van der Waals surface area contributed by atoms with Crippen molar-refractivity contribution in [1.29, 1.82) is 0 Å². The number of hydrogen-bond donors (Lipinski definition) is 1. The minimum Gasteiger partial charge on any atom is -0.383 e. The van der Waals surface area contributed by atoms with Gasteiger partial charge in [0.1, 0.15) is 5.82 Å². The van der Waals surface area contributed by atoms with E-state index in [4.69, 9.17) is 21.3 Å². The van der Waals surface area contributed by atoms with Crippen LogP contribution in [0.1, 0.15) is 11.4 Å². The summed E-state index contributed by atoms with van der Waals surface area (Å²) in [5.74, 6) is 0.711. The van der Waals surface area contributed by atoms with E-state index in [1.807, 2.05) is 31.2 Å². The first-order valence-corrected chi connectivity index (χ1v) is 11.4. The van der Waals surface area contributed by atoms with Gasteiger partial charge in [-0.2, -0.15) is 0 Å². The molecule has 0 saturated carbocycles. The van der Waals surface area contributed by atoms with E-state index in [0.29, 0.717) is 67.6 Å². The SMILES string of the molecule is COCCn1c(CN2CCN(C(=O)Nc3cc(Cl)ccc3C)CC2)nc2ccccc2c1=O. The molecule has 1 saturated heterocycles. The molecule has 0 spiro atoms. The molecule has 2 amide bonds. The van der Waals surface area contributed by atoms with Crippen LogP contribution in [-0.4, -0.2) is 65.3 Å². The number of aryl methyl sites for hydroxylation is 1. The number of hydrogen-bond acceptors (Lipinski definition) is 5. The summed E-state index contributed by atoms with van der Waals surface area (Å²) < 4.78 is 6.90. The summed E-state index contributed by atoms with van der Waals surface area (Å²) in [7, 11) is 1.62. The van der Waals surface area contributed by atoms with Gasteiger partial charge in [-0.05, 0) is 36.8 Å². The average Bonchev–Trinajstić information content (AvgIpc) is 2.82. The number of benzene rings is 2. The number of rotatable bonds is 6. The van der Waals surface area contributed by atoms with E-state index in [9.17, 15) is 9.59 Å². The Balaban J connectivity index is 1.44. The average molecular weight is 470 g/mol. The summed E-state index contributed by atoms with van der Waals surface area (Å²) in [6.45, 7) is 5.90. The molecule has 0 radical (unpaired) electrons. The number of amides is 2. The number of aromatic nitrogens is 2. The van der Waals surface area contributed by atoms with Crippen molar-refractivity contribution in [3.63, 3.8) is 0 Å². The third kappa shape index (κ3) is 5.35. The van der Waals surface area contributed by atoms with E-state index in [0.717, 1.165) is 11.3 Å². The molecular formula is C24H28ClN5O3. The van der Waals surface area contributed by atoms with Gasteiger partial charge in [0, 0.05) is 44.0 Å². The maximum absolute atomic E-state index is 13.0. The smallest absolute Gasteiger partial charge is 0.321 e. The molecule has 9 heteroatoms. The first-order chi connectivity index (χ1) is 16.0. The lowest BCUT2D eigenvalue weighted by Crippen LogP contribution is -2.50. The van der Waals surface area contributed by atoms with Crippen molar-refractivity contribution in [2.75, 3.05) is 45.2 Å². The van der Waals surface area contributed by atoms with Gasteiger partial charge in [-0.3, -0.25) is 14.3 Å². The number of nitrogens with zero attached hydrogens (tertiary/aromatic N) is 4. The molecule has 2 heterocycles. The topological polar surface area (TPSA) is 79.7 Å². The summed E-state index contributed by atoms with van der Waals surface area (Å²) in [5, 5.41) is 4.15. The van der Waals surface area contributed by atoms with Crippen molar-refractivity contribution >= 4 is 34.2 Å². The van der Waals surface area contributed by atoms with Crippen LogP contribution in [-0.2, 0) is 17.8 Å². The van der Waals surface area contributed by atoms with Crippen molar-refractivity contribution < 1.29 is 9.53 Å². The highest BCUT2D eigenvalue weighted by atomic mass is 35.5. The Hall–Kier alpha value is -2.94. The number of halogens is 1. The van der Waals surface area contributed by atoms with Gasteiger partial charge >= 0.3 is 6.03 Å². The Morgan fingerprint density at radius 1 is 1.15 bits per heavy atom. The largest absolute Gasteiger partial charge is 0.383 e. The summed E-state index contributed by atoms with van der Waals surface area (Å²) in [6.07, 6.45) is 0. The Morgan fingerprint density at radius 3 is 2.67 bits per heavy atom. The molecule has 1 fully saturated rings. The molecule has 1 aromatic heterocycles. The highest BCUT2D eigenvalue weighted by Crippen LogP contribution is 2.21. The lowest BCUT2D eigenvalue weighted by molar-refractivity contribution is 0.137. The van der Waals surface area contributed by atoms with Crippen LogP contribution in [0.5, 0.6) is 0 Å². The van der Waals surface area contributed by atoms with Crippen molar-refractivity contribution in [2.45, 2.75) is 20.0 Å². The number of carbonyl (C=O) groups is 1. The van der Waals surface area contributed by atoms with Crippen molar-refractivity contribution in [1.82, 2.24) is 19.4 Å². The number of ether oxygens (including phenoxy) is 1. The number of para-hydroxylation sites is 1. The number of carbonyl (C=O) groups excluding carboxylic acids is 1. The molecule has 0 atom stereocenters. The fraction of sp³-hybridized carbons (Fsp3) is 0.375. The van der Waals surface area contributed by atoms with Gasteiger partial charge in [0.25, 0.3) is 5.56 Å². The highest BCUT2D eigenvalue weighted by Gasteiger charge is 2.23. The monoisotopic (exact) mass is 469 g/mol. The number of anilines is 1. The number of nitrogens with one attached hydrogen (secondary N) is 1. The third-order valence-corrected chi connectivity index (χ3v) is 6.16. The zero-order valence-electron chi connectivity index (χ0n) is 18.9. The highest BCUT2D eigenvalue weighted by molar-refractivity contribution is 6.31. The van der Waals surface area contributed by atoms with Crippen LogP contribution in [0.4, 0.5) is 10.5 Å². The van der Waals surface area contributed by atoms with Gasteiger partial charge in [-0.25, -0.2) is 9.78 Å². The third-order valence-electron chi connectivity index (χ3n) is 5.93. The minimum absolute atomic E-state index is 0.0532. The number of urea groups is 1. The Labute approximate surface area is 197 Å². The fourth-order valence-electron chi connectivity index (χ4n) is 3.98. The van der Waals surface area contributed by atoms with E-state index >= 15 is 0 Å². The van der Waals surface area contributed by atoms with E-state index in [-0.39, 0.29) is 11.6 Å². The summed E-state index contributed by atoms with van der Waals surface area (Å²) in [4.78, 5) is 34.6. The van der Waals surface area contributed by atoms with E-state index < -0.39 is 0 Å². The summed E-state index contributed by atoms with van der Waals surface area (Å²) >= 11 is 6.06. The molecule has 2 aromatic carbocycles. The molecule has 174 valence electrons. The van der Waals surface area contributed by atoms with Gasteiger partial charge in [0.2, 0.25) is 0 Å². The Bertz CT molecular complexity index is 1200. The second kappa shape index (κ2) is 10.3. The van der Waals surface area contributed by atoms with Gasteiger partial charge < -0.3 is 15.0 Å². The van der Waals surface area contributed by atoms with Gasteiger partial charge in [0.05, 0.1) is 30.6 Å². The van der Waals surface area contributed by atoms with Crippen LogP contribution < -0.4 is 10.9 Å². The minimum atomic E-state index is -0.138. The summed E-state index contributed by atoms with van der Waals surface area (Å²) in [5.41, 5.74) is 2.32. The van der Waals surface area contributed by atoms with Crippen LogP contribution in [0.3, 0.4) is 0 Å². The molecule has 1 aliphatic heterocycles. The Morgan fingerprint density at radius 2 is 1.91 bits per heavy atom. The van der Waals surface area contributed by atoms with Crippen LogP contribution >= 0.6 is 11.6 Å². The molecule has 0 aliphatic carbocycles. The molecule has 1 N–H and O–H groups in total. The quantitative estimate of drug-likeness (QED) is 0.599. The predicted octanol–water partition coefficient (Wildman–Crippen LogP) is 3.35. The molecular weight excluding hydrogens is 442 g/mol. The van der Waals surface area contributed by atoms with Gasteiger partial charge in [-0.1, -0.05) is 29.8 Å². The van der Waals surface area contributed by atoms with Crippen molar-refractivity contribution in [3.05, 3.63) is 69.2 Å². The molecule has 8 nitrogen and oxygen atoms in total. The molecule has 4 rings (SSSR count). The molecule has 1 aliphatic rings.